The van der Waals surface area contributed by atoms with Crippen LogP contribution in [0.4, 0.5) is 0 Å². The van der Waals surface area contributed by atoms with Crippen molar-refractivity contribution in [3.05, 3.63) is 10.1 Å². The van der Waals surface area contributed by atoms with E-state index >= 15 is 0 Å². The molecule has 68 valence electrons. The third-order valence-electron chi connectivity index (χ3n) is 1.68. The maximum absolute atomic E-state index is 10.4. The molecule has 6 nitrogen and oxygen atoms in total. The maximum atomic E-state index is 10.4. The van der Waals surface area contributed by atoms with Crippen LogP contribution in [0, 0.1) is 10.1 Å². The fraction of sp³-hybridized carbons (Fsp3) is 0.833. The average molecular weight is 172 g/mol. The Morgan fingerprint density at radius 2 is 2.58 bits per heavy atom. The van der Waals surface area contributed by atoms with Gasteiger partial charge in [-0.2, -0.15) is 5.10 Å². The van der Waals surface area contributed by atoms with E-state index in [1.165, 1.54) is 6.34 Å². The van der Waals surface area contributed by atoms with Gasteiger partial charge in [0.15, 0.2) is 0 Å². The average Bonchev–Trinajstić information content (AvgIpc) is 2.48. The molecule has 0 fully saturated rings. The Kier molecular flexibility index (Phi) is 2.84. The highest BCUT2D eigenvalue weighted by Gasteiger charge is 2.29. The summed E-state index contributed by atoms with van der Waals surface area (Å²) in [5.41, 5.74) is 2.41. The van der Waals surface area contributed by atoms with E-state index < -0.39 is 6.29 Å². The summed E-state index contributed by atoms with van der Waals surface area (Å²) >= 11 is 0. The van der Waals surface area contributed by atoms with Crippen LogP contribution in [0.5, 0.6) is 0 Å². The summed E-state index contributed by atoms with van der Waals surface area (Å²) in [7, 11) is 0. The van der Waals surface area contributed by atoms with Crippen LogP contribution in [0.3, 0.4) is 0 Å². The van der Waals surface area contributed by atoms with E-state index in [2.05, 4.69) is 10.5 Å². The van der Waals surface area contributed by atoms with Gasteiger partial charge in [-0.25, -0.2) is 5.43 Å². The molecule has 1 aliphatic rings. The van der Waals surface area contributed by atoms with Gasteiger partial charge < -0.3 is 0 Å². The standard InChI is InChI=1S/C6H12N4O2/c1-2-3-4-9-5-7-8-6(9)10(11)12/h5-6,8H,2-4H2,1H3. The van der Waals surface area contributed by atoms with E-state index in [0.29, 0.717) is 6.54 Å². The summed E-state index contributed by atoms with van der Waals surface area (Å²) in [5.74, 6) is 0. The Morgan fingerprint density at radius 3 is 3.17 bits per heavy atom. The van der Waals surface area contributed by atoms with E-state index in [1.807, 2.05) is 6.92 Å². The normalized spacial score (nSPS) is 21.1. The van der Waals surface area contributed by atoms with Gasteiger partial charge in [0, 0.05) is 6.54 Å². The minimum absolute atomic E-state index is 0.386. The number of hydrazone groups is 1. The molecule has 1 atom stereocenters. The second kappa shape index (κ2) is 3.89. The Balaban J connectivity index is 2.40. The lowest BCUT2D eigenvalue weighted by atomic mass is 10.3. The van der Waals surface area contributed by atoms with Gasteiger partial charge in [0.1, 0.15) is 6.34 Å². The third-order valence-corrected chi connectivity index (χ3v) is 1.68. The first-order valence-corrected chi connectivity index (χ1v) is 3.93. The lowest BCUT2D eigenvalue weighted by molar-refractivity contribution is -0.549. The second-order valence-electron chi connectivity index (χ2n) is 2.62. The van der Waals surface area contributed by atoms with Crippen LogP contribution in [0.2, 0.25) is 0 Å². The Morgan fingerprint density at radius 1 is 1.83 bits per heavy atom. The first-order chi connectivity index (χ1) is 5.75. The maximum Gasteiger partial charge on any atom is 0.381 e. The van der Waals surface area contributed by atoms with Crippen molar-refractivity contribution in [3.63, 3.8) is 0 Å². The monoisotopic (exact) mass is 172 g/mol. The molecule has 1 aliphatic heterocycles. The molecule has 0 saturated heterocycles. The van der Waals surface area contributed by atoms with Crippen LogP contribution in [0.15, 0.2) is 5.10 Å². The second-order valence-corrected chi connectivity index (χ2v) is 2.62. The number of rotatable bonds is 4. The minimum Gasteiger partial charge on any atom is -0.279 e. The molecule has 1 N–H and O–H groups in total. The zero-order valence-corrected chi connectivity index (χ0v) is 6.93. The first kappa shape index (κ1) is 8.76. The summed E-state index contributed by atoms with van der Waals surface area (Å²) < 4.78 is 0. The van der Waals surface area contributed by atoms with Crippen LogP contribution in [-0.4, -0.2) is 29.0 Å². The quantitative estimate of drug-likeness (QED) is 0.485. The van der Waals surface area contributed by atoms with Gasteiger partial charge in [0.2, 0.25) is 0 Å². The number of unbranched alkanes of at least 4 members (excludes halogenated alkanes) is 1. The molecule has 0 aromatic rings. The van der Waals surface area contributed by atoms with E-state index in [1.54, 1.807) is 4.90 Å². The zero-order valence-electron chi connectivity index (χ0n) is 6.93. The van der Waals surface area contributed by atoms with Crippen molar-refractivity contribution in [2.45, 2.75) is 26.1 Å². The minimum atomic E-state index is -0.864. The lowest BCUT2D eigenvalue weighted by Gasteiger charge is -2.15. The van der Waals surface area contributed by atoms with E-state index in [4.69, 9.17) is 0 Å². The lowest BCUT2D eigenvalue weighted by Crippen LogP contribution is -2.43. The number of nitrogens with zero attached hydrogens (tertiary/aromatic N) is 3. The Labute approximate surface area is 70.4 Å². The summed E-state index contributed by atoms with van der Waals surface area (Å²) in [5, 5.41) is 14.0. The topological polar surface area (TPSA) is 70.8 Å². The van der Waals surface area contributed by atoms with Crippen molar-refractivity contribution in [3.8, 4) is 0 Å². The van der Waals surface area contributed by atoms with Gasteiger partial charge in [-0.05, 0) is 6.42 Å². The summed E-state index contributed by atoms with van der Waals surface area (Å²) in [6.45, 7) is 2.72. The van der Waals surface area contributed by atoms with E-state index in [9.17, 15) is 10.1 Å². The molecule has 0 aliphatic carbocycles. The van der Waals surface area contributed by atoms with Crippen molar-refractivity contribution in [1.29, 1.82) is 0 Å². The van der Waals surface area contributed by atoms with Crippen molar-refractivity contribution in [2.24, 2.45) is 5.10 Å². The van der Waals surface area contributed by atoms with Crippen molar-refractivity contribution < 1.29 is 4.92 Å². The zero-order chi connectivity index (χ0) is 8.97. The van der Waals surface area contributed by atoms with Crippen molar-refractivity contribution >= 4 is 6.34 Å². The molecule has 0 bridgehead atoms. The van der Waals surface area contributed by atoms with Gasteiger partial charge in [-0.3, -0.25) is 15.0 Å². The van der Waals surface area contributed by atoms with Crippen LogP contribution >= 0.6 is 0 Å². The summed E-state index contributed by atoms with van der Waals surface area (Å²) in [4.78, 5) is 11.6. The summed E-state index contributed by atoms with van der Waals surface area (Å²) in [6.07, 6.45) is 2.58. The highest BCUT2D eigenvalue weighted by Crippen LogP contribution is 2.02. The van der Waals surface area contributed by atoms with E-state index in [-0.39, 0.29) is 4.92 Å². The molecule has 0 amide bonds. The van der Waals surface area contributed by atoms with E-state index in [0.717, 1.165) is 12.8 Å². The van der Waals surface area contributed by atoms with Crippen molar-refractivity contribution in [1.82, 2.24) is 10.3 Å². The molecule has 0 aromatic carbocycles. The van der Waals surface area contributed by atoms with Gasteiger partial charge >= 0.3 is 6.29 Å². The third kappa shape index (κ3) is 1.84. The number of hydrogen-bond donors (Lipinski definition) is 1. The van der Waals surface area contributed by atoms with Gasteiger partial charge in [-0.1, -0.05) is 13.3 Å². The summed E-state index contributed by atoms with van der Waals surface area (Å²) in [6, 6.07) is 0. The Hall–Kier alpha value is -1.33. The molecule has 0 saturated carbocycles. The molecular formula is C6H12N4O2. The predicted octanol–water partition coefficient (Wildman–Crippen LogP) is 0.195. The molecule has 12 heavy (non-hydrogen) atoms. The largest absolute Gasteiger partial charge is 0.381 e. The fourth-order valence-corrected chi connectivity index (χ4v) is 1.00. The molecule has 1 unspecified atom stereocenters. The number of hydrogen-bond acceptors (Lipinski definition) is 5. The molecule has 1 heterocycles. The van der Waals surface area contributed by atoms with Crippen LogP contribution in [-0.2, 0) is 0 Å². The SMILES string of the molecule is CCCCN1C=NNC1[N+](=O)[O-]. The van der Waals surface area contributed by atoms with Gasteiger partial charge in [0.05, 0.1) is 4.92 Å². The molecule has 0 spiro atoms. The fourth-order valence-electron chi connectivity index (χ4n) is 1.00. The Bertz CT molecular complexity index is 194. The molecule has 6 heteroatoms. The van der Waals surface area contributed by atoms with Crippen molar-refractivity contribution in [2.75, 3.05) is 6.54 Å². The predicted molar refractivity (Wildman–Crippen MR) is 44.0 cm³/mol. The van der Waals surface area contributed by atoms with Crippen LogP contribution in [0.25, 0.3) is 0 Å². The number of nitro groups is 1. The molecule has 1 rings (SSSR count). The highest BCUT2D eigenvalue weighted by atomic mass is 16.6. The first-order valence-electron chi connectivity index (χ1n) is 3.93. The molecular weight excluding hydrogens is 160 g/mol. The van der Waals surface area contributed by atoms with Crippen LogP contribution in [0.1, 0.15) is 19.8 Å². The number of nitrogens with one attached hydrogen (secondary N) is 1. The molecule has 0 radical (unpaired) electrons. The molecule has 0 aromatic heterocycles. The smallest absolute Gasteiger partial charge is 0.279 e. The van der Waals surface area contributed by atoms with Crippen LogP contribution < -0.4 is 5.43 Å². The highest BCUT2D eigenvalue weighted by molar-refractivity contribution is 5.56. The van der Waals surface area contributed by atoms with Gasteiger partial charge in [-0.15, -0.1) is 0 Å². The van der Waals surface area contributed by atoms with Gasteiger partial charge in [0.25, 0.3) is 0 Å².